The molecule has 1 aliphatic heterocycles. The molecule has 0 aliphatic carbocycles. The summed E-state index contributed by atoms with van der Waals surface area (Å²) in [5.41, 5.74) is 0. The number of hydrogen-bond acceptors (Lipinski definition) is 4. The molecule has 1 saturated heterocycles. The number of alkyl halides is 2. The van der Waals surface area contributed by atoms with Crippen molar-refractivity contribution in [3.63, 3.8) is 0 Å². The molecule has 0 amide bonds. The van der Waals surface area contributed by atoms with Gasteiger partial charge in [0.2, 0.25) is 10.0 Å². The van der Waals surface area contributed by atoms with Gasteiger partial charge in [0.25, 0.3) is 5.92 Å². The molecule has 0 aromatic carbocycles. The van der Waals surface area contributed by atoms with E-state index in [-0.39, 0.29) is 19.6 Å². The van der Waals surface area contributed by atoms with E-state index in [0.717, 1.165) is 6.26 Å². The fourth-order valence-corrected chi connectivity index (χ4v) is 2.43. The highest BCUT2D eigenvalue weighted by molar-refractivity contribution is 7.88. The molecular formula is C9H19F2N3O2S. The molecule has 8 heteroatoms. The van der Waals surface area contributed by atoms with E-state index in [1.165, 1.54) is 4.90 Å². The lowest BCUT2D eigenvalue weighted by molar-refractivity contribution is -0.126. The summed E-state index contributed by atoms with van der Waals surface area (Å²) in [4.78, 5) is 1.46. The van der Waals surface area contributed by atoms with Gasteiger partial charge < -0.3 is 5.32 Å². The van der Waals surface area contributed by atoms with Crippen molar-refractivity contribution in [3.8, 4) is 0 Å². The zero-order valence-electron chi connectivity index (χ0n) is 10.2. The number of halogens is 2. The van der Waals surface area contributed by atoms with E-state index in [2.05, 4.69) is 10.0 Å². The summed E-state index contributed by atoms with van der Waals surface area (Å²) < 4.78 is 52.1. The van der Waals surface area contributed by atoms with E-state index in [9.17, 15) is 17.2 Å². The Morgan fingerprint density at radius 1 is 1.41 bits per heavy atom. The van der Waals surface area contributed by atoms with Crippen LogP contribution < -0.4 is 10.0 Å². The van der Waals surface area contributed by atoms with E-state index in [1.807, 2.05) is 0 Å². The third kappa shape index (κ3) is 3.84. The Balaban J connectivity index is 2.72. The third-order valence-corrected chi connectivity index (χ3v) is 3.62. The van der Waals surface area contributed by atoms with Crippen molar-refractivity contribution < 1.29 is 17.2 Å². The van der Waals surface area contributed by atoms with Gasteiger partial charge in [-0.15, -0.1) is 0 Å². The number of piperidine rings is 1. The minimum Gasteiger partial charge on any atom is -0.314 e. The lowest BCUT2D eigenvalue weighted by Crippen LogP contribution is -2.62. The zero-order chi connectivity index (χ0) is 13.3. The van der Waals surface area contributed by atoms with Crippen LogP contribution in [0.2, 0.25) is 0 Å². The first-order valence-electron chi connectivity index (χ1n) is 5.34. The average molecular weight is 271 g/mol. The number of sulfonamides is 1. The second-order valence-electron chi connectivity index (χ2n) is 4.63. The molecule has 0 aromatic rings. The Labute approximate surface area is 101 Å². The standard InChI is InChI=1S/C9H19F2N3O2S/c1-14(2)8-6-12-4-7(9(8,10)11)5-13-17(3,15)16/h7-8,12-13H,4-6H2,1-3H3. The van der Waals surface area contributed by atoms with Crippen LogP contribution in [0.3, 0.4) is 0 Å². The highest BCUT2D eigenvalue weighted by Crippen LogP contribution is 2.32. The molecule has 1 fully saturated rings. The van der Waals surface area contributed by atoms with Crippen LogP contribution >= 0.6 is 0 Å². The van der Waals surface area contributed by atoms with E-state index in [4.69, 9.17) is 0 Å². The van der Waals surface area contributed by atoms with Crippen molar-refractivity contribution in [1.82, 2.24) is 14.9 Å². The molecule has 1 heterocycles. The smallest absolute Gasteiger partial charge is 0.269 e. The largest absolute Gasteiger partial charge is 0.314 e. The van der Waals surface area contributed by atoms with Gasteiger partial charge in [0.1, 0.15) is 0 Å². The zero-order valence-corrected chi connectivity index (χ0v) is 11.0. The first kappa shape index (κ1) is 14.7. The fraction of sp³-hybridized carbons (Fsp3) is 1.00. The van der Waals surface area contributed by atoms with Gasteiger partial charge in [-0.1, -0.05) is 0 Å². The van der Waals surface area contributed by atoms with Crippen LogP contribution in [0, 0.1) is 5.92 Å². The van der Waals surface area contributed by atoms with E-state index in [0.29, 0.717) is 0 Å². The first-order chi connectivity index (χ1) is 7.64. The van der Waals surface area contributed by atoms with Gasteiger partial charge in [-0.05, 0) is 14.1 Å². The Morgan fingerprint density at radius 2 is 2.00 bits per heavy atom. The molecule has 2 N–H and O–H groups in total. The Kier molecular flexibility index (Phi) is 4.45. The lowest BCUT2D eigenvalue weighted by atomic mass is 9.90. The number of likely N-dealkylation sites (N-methyl/N-ethyl adjacent to an activating group) is 1. The molecule has 0 bridgehead atoms. The average Bonchev–Trinajstić information content (AvgIpc) is 2.12. The van der Waals surface area contributed by atoms with Gasteiger partial charge in [0.05, 0.1) is 18.2 Å². The molecule has 0 spiro atoms. The predicted molar refractivity (Wildman–Crippen MR) is 61.6 cm³/mol. The van der Waals surface area contributed by atoms with E-state index < -0.39 is 27.9 Å². The summed E-state index contributed by atoms with van der Waals surface area (Å²) in [6, 6.07) is -0.914. The van der Waals surface area contributed by atoms with Crippen LogP contribution in [0.5, 0.6) is 0 Å². The minimum atomic E-state index is -3.44. The monoisotopic (exact) mass is 271 g/mol. The van der Waals surface area contributed by atoms with Crippen LogP contribution in [-0.2, 0) is 10.0 Å². The van der Waals surface area contributed by atoms with Crippen LogP contribution in [0.1, 0.15) is 0 Å². The summed E-state index contributed by atoms with van der Waals surface area (Å²) >= 11 is 0. The highest BCUT2D eigenvalue weighted by Gasteiger charge is 2.50. The third-order valence-electron chi connectivity index (χ3n) is 2.93. The predicted octanol–water partition coefficient (Wildman–Crippen LogP) is -0.679. The van der Waals surface area contributed by atoms with Crippen molar-refractivity contribution in [2.24, 2.45) is 5.92 Å². The molecule has 17 heavy (non-hydrogen) atoms. The lowest BCUT2D eigenvalue weighted by Gasteiger charge is -2.41. The van der Waals surface area contributed by atoms with Gasteiger partial charge in [-0.3, -0.25) is 4.90 Å². The maximum Gasteiger partial charge on any atom is 0.269 e. The maximum absolute atomic E-state index is 14.0. The molecular weight excluding hydrogens is 252 g/mol. The van der Waals surface area contributed by atoms with Gasteiger partial charge in [0, 0.05) is 19.6 Å². The summed E-state index contributed by atoms with van der Waals surface area (Å²) in [6.45, 7) is 0.0679. The summed E-state index contributed by atoms with van der Waals surface area (Å²) in [5.74, 6) is -3.94. The van der Waals surface area contributed by atoms with Gasteiger partial charge in [-0.2, -0.15) is 0 Å². The molecule has 1 rings (SSSR count). The second kappa shape index (κ2) is 5.13. The quantitative estimate of drug-likeness (QED) is 0.711. The maximum atomic E-state index is 14.0. The van der Waals surface area contributed by atoms with Crippen molar-refractivity contribution in [2.75, 3.05) is 40.0 Å². The minimum absolute atomic E-state index is 0.111. The van der Waals surface area contributed by atoms with Crippen LogP contribution in [0.15, 0.2) is 0 Å². The van der Waals surface area contributed by atoms with Crippen molar-refractivity contribution in [3.05, 3.63) is 0 Å². The molecule has 2 unspecified atom stereocenters. The Morgan fingerprint density at radius 3 is 2.47 bits per heavy atom. The summed E-state index contributed by atoms with van der Waals surface area (Å²) in [7, 11) is -0.256. The van der Waals surface area contributed by atoms with Gasteiger partial charge in [-0.25, -0.2) is 21.9 Å². The number of nitrogens with one attached hydrogen (secondary N) is 2. The molecule has 5 nitrogen and oxygen atoms in total. The van der Waals surface area contributed by atoms with Gasteiger partial charge in [0.15, 0.2) is 0 Å². The topological polar surface area (TPSA) is 61.4 Å². The SMILES string of the molecule is CN(C)C1CNCC(CNS(C)(=O)=O)C1(F)F. The molecule has 0 saturated carbocycles. The van der Waals surface area contributed by atoms with E-state index >= 15 is 0 Å². The van der Waals surface area contributed by atoms with Crippen molar-refractivity contribution in [2.45, 2.75) is 12.0 Å². The van der Waals surface area contributed by atoms with Crippen molar-refractivity contribution in [1.29, 1.82) is 0 Å². The fourth-order valence-electron chi connectivity index (χ4n) is 1.93. The van der Waals surface area contributed by atoms with Crippen LogP contribution in [-0.4, -0.2) is 65.3 Å². The summed E-state index contributed by atoms with van der Waals surface area (Å²) in [5, 5.41) is 2.90. The van der Waals surface area contributed by atoms with Crippen molar-refractivity contribution >= 4 is 10.0 Å². The number of hydrogen-bond donors (Lipinski definition) is 2. The molecule has 1 aliphatic rings. The second-order valence-corrected chi connectivity index (χ2v) is 6.46. The normalized spacial score (nSPS) is 29.5. The first-order valence-corrected chi connectivity index (χ1v) is 7.23. The van der Waals surface area contributed by atoms with Gasteiger partial charge >= 0.3 is 0 Å². The molecule has 102 valence electrons. The molecule has 2 atom stereocenters. The Hall–Kier alpha value is -0.310. The Bertz CT molecular complexity index is 359. The molecule has 0 radical (unpaired) electrons. The summed E-state index contributed by atoms with van der Waals surface area (Å²) in [6.07, 6.45) is 0.963. The highest BCUT2D eigenvalue weighted by atomic mass is 32.2. The van der Waals surface area contributed by atoms with E-state index in [1.54, 1.807) is 14.1 Å². The van der Waals surface area contributed by atoms with Crippen LogP contribution in [0.25, 0.3) is 0 Å². The number of nitrogens with zero attached hydrogens (tertiary/aromatic N) is 1. The van der Waals surface area contributed by atoms with Crippen LogP contribution in [0.4, 0.5) is 8.78 Å². The number of rotatable bonds is 4. The molecule has 0 aromatic heterocycles.